The molecule has 8 heteroatoms. The van der Waals surface area contributed by atoms with Crippen LogP contribution in [0.2, 0.25) is 0 Å². The number of aromatic nitrogens is 2. The van der Waals surface area contributed by atoms with Crippen LogP contribution in [0.5, 0.6) is 0 Å². The summed E-state index contributed by atoms with van der Waals surface area (Å²) in [4.78, 5) is 13.3. The first kappa shape index (κ1) is 16.1. The van der Waals surface area contributed by atoms with E-state index in [2.05, 4.69) is 24.5 Å². The van der Waals surface area contributed by atoms with E-state index < -0.39 is 10.0 Å². The molecule has 3 fully saturated rings. The highest BCUT2D eigenvalue weighted by Gasteiger charge is 2.37. The molecule has 3 aliphatic rings. The highest BCUT2D eigenvalue weighted by atomic mass is 32.2. The van der Waals surface area contributed by atoms with Gasteiger partial charge in [-0.05, 0) is 38.5 Å². The van der Waals surface area contributed by atoms with Crippen molar-refractivity contribution < 1.29 is 8.42 Å². The van der Waals surface area contributed by atoms with Gasteiger partial charge in [-0.3, -0.25) is 0 Å². The van der Waals surface area contributed by atoms with E-state index in [1.807, 2.05) is 6.07 Å². The molecule has 24 heavy (non-hydrogen) atoms. The highest BCUT2D eigenvalue weighted by Crippen LogP contribution is 2.29. The Balaban J connectivity index is 1.44. The van der Waals surface area contributed by atoms with Crippen LogP contribution >= 0.6 is 0 Å². The van der Waals surface area contributed by atoms with Gasteiger partial charge in [0.05, 0.1) is 5.25 Å². The SMILES string of the molecule is O=S(=O)(N[C@H]1CCCN(c2cc(N3CCCC3)ncn2)C1)C1CC1. The summed E-state index contributed by atoms with van der Waals surface area (Å²) in [6.07, 6.45) is 7.53. The lowest BCUT2D eigenvalue weighted by atomic mass is 10.1. The van der Waals surface area contributed by atoms with Crippen molar-refractivity contribution in [3.05, 3.63) is 12.4 Å². The number of anilines is 2. The number of piperidine rings is 1. The fourth-order valence-corrected chi connectivity index (χ4v) is 5.22. The van der Waals surface area contributed by atoms with Crippen LogP contribution in [-0.4, -0.2) is 55.9 Å². The third-order valence-corrected chi connectivity index (χ3v) is 7.12. The van der Waals surface area contributed by atoms with Gasteiger partial charge in [0.25, 0.3) is 0 Å². The lowest BCUT2D eigenvalue weighted by Gasteiger charge is -2.34. The van der Waals surface area contributed by atoms with E-state index in [0.717, 1.165) is 57.0 Å². The summed E-state index contributed by atoms with van der Waals surface area (Å²) in [7, 11) is -3.13. The van der Waals surface area contributed by atoms with Crippen molar-refractivity contribution in [1.29, 1.82) is 0 Å². The minimum absolute atomic E-state index is 0.0189. The average molecular weight is 351 g/mol. The van der Waals surface area contributed by atoms with Crippen LogP contribution in [0.4, 0.5) is 11.6 Å². The molecule has 2 aliphatic heterocycles. The molecule has 132 valence electrons. The molecule has 1 saturated carbocycles. The number of rotatable bonds is 5. The van der Waals surface area contributed by atoms with Gasteiger partial charge in [-0.15, -0.1) is 0 Å². The molecule has 4 rings (SSSR count). The molecule has 1 aromatic heterocycles. The Hall–Kier alpha value is -1.41. The second-order valence-electron chi connectivity index (χ2n) is 7.08. The maximum Gasteiger partial charge on any atom is 0.214 e. The Morgan fingerprint density at radius 3 is 2.33 bits per heavy atom. The molecule has 1 N–H and O–H groups in total. The first-order valence-corrected chi connectivity index (χ1v) is 10.5. The van der Waals surface area contributed by atoms with Gasteiger partial charge in [0.1, 0.15) is 18.0 Å². The summed E-state index contributed by atoms with van der Waals surface area (Å²) in [5.74, 6) is 1.89. The minimum atomic E-state index is -3.13. The summed E-state index contributed by atoms with van der Waals surface area (Å²) >= 11 is 0. The van der Waals surface area contributed by atoms with Gasteiger partial charge in [-0.2, -0.15) is 0 Å². The molecule has 7 nitrogen and oxygen atoms in total. The van der Waals surface area contributed by atoms with E-state index in [1.165, 1.54) is 12.8 Å². The molecule has 0 unspecified atom stereocenters. The van der Waals surface area contributed by atoms with Gasteiger partial charge in [-0.25, -0.2) is 23.1 Å². The quantitative estimate of drug-likeness (QED) is 0.857. The fraction of sp³-hybridized carbons (Fsp3) is 0.750. The van der Waals surface area contributed by atoms with Crippen LogP contribution in [0.15, 0.2) is 12.4 Å². The van der Waals surface area contributed by atoms with Crippen LogP contribution in [0, 0.1) is 0 Å². The maximum absolute atomic E-state index is 12.2. The summed E-state index contributed by atoms with van der Waals surface area (Å²) in [5.41, 5.74) is 0. The summed E-state index contributed by atoms with van der Waals surface area (Å²) in [5, 5.41) is -0.159. The standard InChI is InChI=1S/C16H25N5O2S/c22-24(23,14-5-6-14)19-13-4-3-9-21(11-13)16-10-15(17-12-18-16)20-7-1-2-8-20/h10,12-14,19H,1-9,11H2/t13-/m0/s1. The van der Waals surface area contributed by atoms with Crippen LogP contribution in [0.25, 0.3) is 0 Å². The maximum atomic E-state index is 12.2. The number of hydrogen-bond acceptors (Lipinski definition) is 6. The first-order chi connectivity index (χ1) is 11.6. The first-order valence-electron chi connectivity index (χ1n) is 8.95. The van der Waals surface area contributed by atoms with Crippen molar-refractivity contribution in [2.45, 2.75) is 49.8 Å². The van der Waals surface area contributed by atoms with Crippen molar-refractivity contribution in [2.75, 3.05) is 36.0 Å². The van der Waals surface area contributed by atoms with E-state index in [4.69, 9.17) is 0 Å². The molecule has 0 aromatic carbocycles. The summed E-state index contributed by atoms with van der Waals surface area (Å²) in [6, 6.07) is 2.03. The summed E-state index contributed by atoms with van der Waals surface area (Å²) < 4.78 is 27.2. The normalized spacial score (nSPS) is 25.2. The summed E-state index contributed by atoms with van der Waals surface area (Å²) in [6.45, 7) is 3.71. The van der Waals surface area contributed by atoms with E-state index in [0.29, 0.717) is 6.54 Å². The second kappa shape index (κ2) is 6.48. The molecule has 1 aliphatic carbocycles. The molecule has 0 amide bonds. The Labute approximate surface area is 143 Å². The van der Waals surface area contributed by atoms with E-state index in [9.17, 15) is 8.42 Å². The molecule has 2 saturated heterocycles. The molecule has 3 heterocycles. The predicted octanol–water partition coefficient (Wildman–Crippen LogP) is 1.13. The Morgan fingerprint density at radius 1 is 0.958 bits per heavy atom. The lowest BCUT2D eigenvalue weighted by Crippen LogP contribution is -2.48. The van der Waals surface area contributed by atoms with Crippen molar-refractivity contribution >= 4 is 21.7 Å². The zero-order chi connectivity index (χ0) is 16.6. The molecule has 0 bridgehead atoms. The monoisotopic (exact) mass is 351 g/mol. The van der Waals surface area contributed by atoms with Crippen LogP contribution in [0.3, 0.4) is 0 Å². The van der Waals surface area contributed by atoms with Crippen LogP contribution in [-0.2, 0) is 10.0 Å². The number of nitrogens with zero attached hydrogens (tertiary/aromatic N) is 4. The number of hydrogen-bond donors (Lipinski definition) is 1. The molecular weight excluding hydrogens is 326 g/mol. The van der Waals surface area contributed by atoms with E-state index >= 15 is 0 Å². The zero-order valence-electron chi connectivity index (χ0n) is 13.9. The van der Waals surface area contributed by atoms with Crippen molar-refractivity contribution in [3.63, 3.8) is 0 Å². The largest absolute Gasteiger partial charge is 0.356 e. The van der Waals surface area contributed by atoms with Crippen molar-refractivity contribution in [2.24, 2.45) is 0 Å². The van der Waals surface area contributed by atoms with Gasteiger partial charge in [0, 0.05) is 38.3 Å². The smallest absolute Gasteiger partial charge is 0.214 e. The number of sulfonamides is 1. The van der Waals surface area contributed by atoms with Gasteiger partial charge < -0.3 is 9.80 Å². The molecular formula is C16H25N5O2S. The molecule has 1 aromatic rings. The van der Waals surface area contributed by atoms with Gasteiger partial charge >= 0.3 is 0 Å². The third kappa shape index (κ3) is 3.49. The van der Waals surface area contributed by atoms with Gasteiger partial charge in [0.2, 0.25) is 10.0 Å². The lowest BCUT2D eigenvalue weighted by molar-refractivity contribution is 0.463. The zero-order valence-corrected chi connectivity index (χ0v) is 14.7. The van der Waals surface area contributed by atoms with E-state index in [1.54, 1.807) is 6.33 Å². The van der Waals surface area contributed by atoms with Crippen molar-refractivity contribution in [1.82, 2.24) is 14.7 Å². The second-order valence-corrected chi connectivity index (χ2v) is 9.07. The Morgan fingerprint density at radius 2 is 1.62 bits per heavy atom. The minimum Gasteiger partial charge on any atom is -0.356 e. The van der Waals surface area contributed by atoms with Crippen molar-refractivity contribution in [3.8, 4) is 0 Å². The highest BCUT2D eigenvalue weighted by molar-refractivity contribution is 7.90. The van der Waals surface area contributed by atoms with E-state index in [-0.39, 0.29) is 11.3 Å². The molecule has 0 radical (unpaired) electrons. The topological polar surface area (TPSA) is 78.4 Å². The predicted molar refractivity (Wildman–Crippen MR) is 93.8 cm³/mol. The fourth-order valence-electron chi connectivity index (χ4n) is 3.62. The third-order valence-electron chi connectivity index (χ3n) is 5.11. The number of nitrogens with one attached hydrogen (secondary N) is 1. The van der Waals surface area contributed by atoms with Gasteiger partial charge in [0.15, 0.2) is 0 Å². The Bertz CT molecular complexity index is 685. The Kier molecular flexibility index (Phi) is 4.34. The molecule has 0 spiro atoms. The van der Waals surface area contributed by atoms with Crippen LogP contribution in [0.1, 0.15) is 38.5 Å². The molecule has 1 atom stereocenters. The van der Waals surface area contributed by atoms with Crippen LogP contribution < -0.4 is 14.5 Å². The van der Waals surface area contributed by atoms with Gasteiger partial charge in [-0.1, -0.05) is 0 Å². The average Bonchev–Trinajstić information content (AvgIpc) is 3.32.